The number of allylic oxidation sites excluding steroid dienone is 1. The van der Waals surface area contributed by atoms with E-state index in [4.69, 9.17) is 0 Å². The fourth-order valence-electron chi connectivity index (χ4n) is 3.77. The van der Waals surface area contributed by atoms with Crippen LogP contribution in [0.1, 0.15) is 81.3 Å². The number of aryl methyl sites for hydroxylation is 1. The number of nitrogens with zero attached hydrogens (tertiary/aromatic N) is 1. The van der Waals surface area contributed by atoms with E-state index in [1.54, 1.807) is 5.56 Å². The molecule has 1 heteroatoms. The highest BCUT2D eigenvalue weighted by Crippen LogP contribution is 2.43. The first kappa shape index (κ1) is 17.3. The molecule has 1 aromatic rings. The SMILES string of the molecule is Cc1cc(C(C)C)c2c(c1C)[C@H](C)N(C)[C@H](C)C=C2C(C)C. The standard InChI is InChI=1S/C21H33N/c1-12(2)18-10-14(5)16(7)20-17(8)22(9)15(6)11-19(13(3)4)21(18)20/h10-13,15,17H,1-9H3/t15-,17+/m1/s1. The van der Waals surface area contributed by atoms with E-state index in [2.05, 4.69) is 79.5 Å². The van der Waals surface area contributed by atoms with E-state index in [1.807, 2.05) is 0 Å². The zero-order valence-electron chi connectivity index (χ0n) is 15.9. The van der Waals surface area contributed by atoms with Crippen LogP contribution in [-0.4, -0.2) is 18.0 Å². The van der Waals surface area contributed by atoms with Gasteiger partial charge in [-0.05, 0) is 80.0 Å². The summed E-state index contributed by atoms with van der Waals surface area (Å²) in [5, 5.41) is 0. The minimum Gasteiger partial charge on any atom is -0.293 e. The summed E-state index contributed by atoms with van der Waals surface area (Å²) in [6.07, 6.45) is 2.49. The summed E-state index contributed by atoms with van der Waals surface area (Å²) in [5.41, 5.74) is 9.05. The fraction of sp³-hybridized carbons (Fsp3) is 0.619. The Labute approximate surface area is 137 Å². The molecule has 22 heavy (non-hydrogen) atoms. The maximum atomic E-state index is 2.50. The van der Waals surface area contributed by atoms with Crippen LogP contribution >= 0.6 is 0 Å². The van der Waals surface area contributed by atoms with Gasteiger partial charge in [-0.25, -0.2) is 0 Å². The molecule has 0 saturated carbocycles. The van der Waals surface area contributed by atoms with Gasteiger partial charge in [-0.15, -0.1) is 0 Å². The summed E-state index contributed by atoms with van der Waals surface area (Å²) in [5.74, 6) is 1.11. The first-order valence-corrected chi connectivity index (χ1v) is 8.74. The monoisotopic (exact) mass is 299 g/mol. The maximum Gasteiger partial charge on any atom is 0.0331 e. The third-order valence-corrected chi connectivity index (χ3v) is 5.55. The predicted octanol–water partition coefficient (Wildman–Crippen LogP) is 5.86. The van der Waals surface area contributed by atoms with Gasteiger partial charge in [0.05, 0.1) is 0 Å². The lowest BCUT2D eigenvalue weighted by Crippen LogP contribution is -2.30. The molecule has 2 atom stereocenters. The van der Waals surface area contributed by atoms with Crippen LogP contribution in [0.3, 0.4) is 0 Å². The number of benzene rings is 1. The lowest BCUT2D eigenvalue weighted by Gasteiger charge is -2.31. The molecule has 1 heterocycles. The average molecular weight is 300 g/mol. The van der Waals surface area contributed by atoms with E-state index in [9.17, 15) is 0 Å². The van der Waals surface area contributed by atoms with Crippen LogP contribution in [0.5, 0.6) is 0 Å². The number of hydrogen-bond donors (Lipinski definition) is 0. The third-order valence-electron chi connectivity index (χ3n) is 5.55. The Morgan fingerprint density at radius 3 is 2.09 bits per heavy atom. The molecule has 0 bridgehead atoms. The van der Waals surface area contributed by atoms with Gasteiger partial charge < -0.3 is 0 Å². The van der Waals surface area contributed by atoms with Crippen molar-refractivity contribution in [2.45, 2.75) is 73.4 Å². The van der Waals surface area contributed by atoms with Crippen LogP contribution in [0.4, 0.5) is 0 Å². The largest absolute Gasteiger partial charge is 0.293 e. The zero-order valence-corrected chi connectivity index (χ0v) is 15.9. The van der Waals surface area contributed by atoms with E-state index in [0.717, 1.165) is 0 Å². The lowest BCUT2D eigenvalue weighted by molar-refractivity contribution is 0.230. The van der Waals surface area contributed by atoms with Gasteiger partial charge in [0.15, 0.2) is 0 Å². The van der Waals surface area contributed by atoms with Crippen LogP contribution < -0.4 is 0 Å². The average Bonchev–Trinajstić information content (AvgIpc) is 2.53. The Hall–Kier alpha value is -1.08. The van der Waals surface area contributed by atoms with Crippen molar-refractivity contribution in [1.29, 1.82) is 0 Å². The Morgan fingerprint density at radius 2 is 1.59 bits per heavy atom. The summed E-state index contributed by atoms with van der Waals surface area (Å²) in [7, 11) is 2.26. The van der Waals surface area contributed by atoms with E-state index >= 15 is 0 Å². The fourth-order valence-corrected chi connectivity index (χ4v) is 3.77. The van der Waals surface area contributed by atoms with Gasteiger partial charge >= 0.3 is 0 Å². The molecule has 1 aliphatic heterocycles. The van der Waals surface area contributed by atoms with Gasteiger partial charge in [-0.2, -0.15) is 0 Å². The van der Waals surface area contributed by atoms with Crippen LogP contribution in [-0.2, 0) is 0 Å². The molecular formula is C21H33N. The number of likely N-dealkylation sites (N-methyl/N-ethyl adjacent to an activating group) is 1. The highest BCUT2D eigenvalue weighted by Gasteiger charge is 2.30. The Kier molecular flexibility index (Phi) is 4.87. The van der Waals surface area contributed by atoms with Crippen molar-refractivity contribution < 1.29 is 0 Å². The summed E-state index contributed by atoms with van der Waals surface area (Å²) in [4.78, 5) is 2.50. The number of hydrogen-bond acceptors (Lipinski definition) is 1. The van der Waals surface area contributed by atoms with Crippen LogP contribution in [0, 0.1) is 19.8 Å². The van der Waals surface area contributed by atoms with Crippen LogP contribution in [0.2, 0.25) is 0 Å². The van der Waals surface area contributed by atoms with Gasteiger partial charge in [0, 0.05) is 12.1 Å². The predicted molar refractivity (Wildman–Crippen MR) is 98.5 cm³/mol. The topological polar surface area (TPSA) is 3.24 Å². The molecule has 2 rings (SSSR count). The lowest BCUT2D eigenvalue weighted by atomic mass is 9.79. The quantitative estimate of drug-likeness (QED) is 0.661. The van der Waals surface area contributed by atoms with Crippen molar-refractivity contribution in [3.8, 4) is 0 Å². The molecule has 0 saturated heterocycles. The molecule has 1 nitrogen and oxygen atoms in total. The minimum atomic E-state index is 0.454. The van der Waals surface area contributed by atoms with Crippen molar-refractivity contribution in [2.24, 2.45) is 5.92 Å². The normalized spacial score (nSPS) is 22.8. The van der Waals surface area contributed by atoms with E-state index < -0.39 is 0 Å². The second kappa shape index (κ2) is 6.20. The van der Waals surface area contributed by atoms with Gasteiger partial charge in [0.1, 0.15) is 0 Å². The van der Waals surface area contributed by atoms with Crippen LogP contribution in [0.25, 0.3) is 5.57 Å². The smallest absolute Gasteiger partial charge is 0.0331 e. The van der Waals surface area contributed by atoms with Crippen molar-refractivity contribution in [3.63, 3.8) is 0 Å². The Bertz CT molecular complexity index is 592. The van der Waals surface area contributed by atoms with E-state index in [0.29, 0.717) is 23.9 Å². The molecule has 1 aromatic carbocycles. The molecule has 0 aromatic heterocycles. The third kappa shape index (κ3) is 2.76. The highest BCUT2D eigenvalue weighted by atomic mass is 15.1. The molecular weight excluding hydrogens is 266 g/mol. The Balaban J connectivity index is 2.90. The zero-order chi connectivity index (χ0) is 16.8. The summed E-state index contributed by atoms with van der Waals surface area (Å²) in [6.45, 7) is 18.6. The summed E-state index contributed by atoms with van der Waals surface area (Å²) < 4.78 is 0. The second-order valence-corrected chi connectivity index (χ2v) is 7.71. The van der Waals surface area contributed by atoms with Gasteiger partial charge in [-0.3, -0.25) is 4.90 Å². The molecule has 0 N–H and O–H groups in total. The molecule has 0 amide bonds. The first-order valence-electron chi connectivity index (χ1n) is 8.74. The van der Waals surface area contributed by atoms with Crippen molar-refractivity contribution in [3.05, 3.63) is 40.0 Å². The molecule has 122 valence electrons. The first-order chi connectivity index (χ1) is 10.2. The summed E-state index contributed by atoms with van der Waals surface area (Å²) in [6, 6.07) is 3.35. The Morgan fingerprint density at radius 1 is 1.00 bits per heavy atom. The van der Waals surface area contributed by atoms with Crippen LogP contribution in [0.15, 0.2) is 12.1 Å². The molecule has 0 radical (unpaired) electrons. The van der Waals surface area contributed by atoms with Crippen molar-refractivity contribution in [2.75, 3.05) is 7.05 Å². The molecule has 0 unspecified atom stereocenters. The van der Waals surface area contributed by atoms with Gasteiger partial charge in [0.25, 0.3) is 0 Å². The maximum absolute atomic E-state index is 2.50. The van der Waals surface area contributed by atoms with E-state index in [-0.39, 0.29) is 0 Å². The number of rotatable bonds is 2. The van der Waals surface area contributed by atoms with Crippen molar-refractivity contribution in [1.82, 2.24) is 4.90 Å². The molecule has 0 aliphatic carbocycles. The molecule has 0 spiro atoms. The summed E-state index contributed by atoms with van der Waals surface area (Å²) >= 11 is 0. The van der Waals surface area contributed by atoms with Crippen molar-refractivity contribution >= 4 is 5.57 Å². The van der Waals surface area contributed by atoms with Gasteiger partial charge in [0.2, 0.25) is 0 Å². The molecule has 0 fully saturated rings. The second-order valence-electron chi connectivity index (χ2n) is 7.71. The molecule has 1 aliphatic rings. The number of fused-ring (bicyclic) bond motifs is 1. The minimum absolute atomic E-state index is 0.454. The van der Waals surface area contributed by atoms with Gasteiger partial charge in [-0.1, -0.05) is 39.8 Å². The highest BCUT2D eigenvalue weighted by molar-refractivity contribution is 5.76. The van der Waals surface area contributed by atoms with E-state index in [1.165, 1.54) is 27.8 Å².